The minimum Gasteiger partial charge on any atom is -0.381 e. The minimum absolute atomic E-state index is 0.540. The number of hydrogen-bond donors (Lipinski definition) is 1. The summed E-state index contributed by atoms with van der Waals surface area (Å²) in [5, 5.41) is 8.27. The zero-order valence-corrected chi connectivity index (χ0v) is 11.7. The molecule has 17 heavy (non-hydrogen) atoms. The number of nitrogens with zero attached hydrogens (tertiary/aromatic N) is 2. The Morgan fingerprint density at radius 1 is 1.35 bits per heavy atom. The molecule has 0 bridgehead atoms. The number of rotatable bonds is 1. The van der Waals surface area contributed by atoms with Crippen molar-refractivity contribution in [1.29, 1.82) is 0 Å². The van der Waals surface area contributed by atoms with Crippen LogP contribution in [0.15, 0.2) is 4.47 Å². The van der Waals surface area contributed by atoms with Crippen LogP contribution in [0.2, 0.25) is 0 Å². The standard InChI is InChI=1S/C12H18BrN3O/c1-8-2-5-16-12(14-8)10(13)11(15-16)9-3-6-17-7-4-9/h8-9,14H,2-7H2,1H3. The lowest BCUT2D eigenvalue weighted by molar-refractivity contribution is 0.0842. The van der Waals surface area contributed by atoms with Crippen LogP contribution < -0.4 is 5.32 Å². The van der Waals surface area contributed by atoms with Crippen molar-refractivity contribution < 1.29 is 4.74 Å². The van der Waals surface area contributed by atoms with Gasteiger partial charge in [0.15, 0.2) is 0 Å². The first kappa shape index (κ1) is 11.5. The summed E-state index contributed by atoms with van der Waals surface area (Å²) in [5.41, 5.74) is 1.21. The second kappa shape index (κ2) is 4.61. The molecule has 1 aromatic heterocycles. The summed E-state index contributed by atoms with van der Waals surface area (Å²) in [6.45, 7) is 4.97. The Kier molecular flexibility index (Phi) is 3.13. The SMILES string of the molecule is CC1CCn2nc(C3CCOCC3)c(Br)c2N1. The Morgan fingerprint density at radius 3 is 2.88 bits per heavy atom. The van der Waals surface area contributed by atoms with Crippen molar-refractivity contribution in [2.24, 2.45) is 0 Å². The van der Waals surface area contributed by atoms with E-state index < -0.39 is 0 Å². The molecule has 0 radical (unpaired) electrons. The Labute approximate surface area is 110 Å². The van der Waals surface area contributed by atoms with Crippen LogP contribution in [-0.2, 0) is 11.3 Å². The number of ether oxygens (including phenoxy) is 1. The first-order valence-corrected chi connectivity index (χ1v) is 7.15. The fourth-order valence-corrected chi connectivity index (χ4v) is 3.33. The third-order valence-electron chi connectivity index (χ3n) is 3.68. The number of anilines is 1. The van der Waals surface area contributed by atoms with Gasteiger partial charge >= 0.3 is 0 Å². The highest BCUT2D eigenvalue weighted by atomic mass is 79.9. The van der Waals surface area contributed by atoms with Crippen LogP contribution >= 0.6 is 15.9 Å². The van der Waals surface area contributed by atoms with Gasteiger partial charge in [0.1, 0.15) is 5.82 Å². The maximum atomic E-state index is 5.41. The quantitative estimate of drug-likeness (QED) is 0.867. The van der Waals surface area contributed by atoms with Gasteiger partial charge in [0.05, 0.1) is 10.2 Å². The third-order valence-corrected chi connectivity index (χ3v) is 4.47. The van der Waals surface area contributed by atoms with Crippen molar-refractivity contribution in [3.05, 3.63) is 10.2 Å². The molecule has 1 saturated heterocycles. The molecule has 0 saturated carbocycles. The van der Waals surface area contributed by atoms with Gasteiger partial charge in [-0.1, -0.05) is 0 Å². The highest BCUT2D eigenvalue weighted by molar-refractivity contribution is 9.10. The maximum absolute atomic E-state index is 5.41. The van der Waals surface area contributed by atoms with E-state index in [4.69, 9.17) is 9.84 Å². The van der Waals surface area contributed by atoms with E-state index in [2.05, 4.69) is 32.9 Å². The number of aromatic nitrogens is 2. The second-order valence-corrected chi connectivity index (χ2v) is 5.78. The Hall–Kier alpha value is -0.550. The lowest BCUT2D eigenvalue weighted by Gasteiger charge is -2.22. The van der Waals surface area contributed by atoms with Crippen LogP contribution in [0, 0.1) is 0 Å². The summed E-state index contributed by atoms with van der Waals surface area (Å²) < 4.78 is 8.68. The Balaban J connectivity index is 1.90. The summed E-state index contributed by atoms with van der Waals surface area (Å²) in [5.74, 6) is 1.71. The first-order chi connectivity index (χ1) is 8.25. The molecule has 2 aliphatic rings. The molecule has 2 aliphatic heterocycles. The van der Waals surface area contributed by atoms with Gasteiger partial charge in [-0.3, -0.25) is 0 Å². The van der Waals surface area contributed by atoms with Gasteiger partial charge in [0.25, 0.3) is 0 Å². The lowest BCUT2D eigenvalue weighted by atomic mass is 9.97. The van der Waals surface area contributed by atoms with Crippen molar-refractivity contribution in [3.8, 4) is 0 Å². The van der Waals surface area contributed by atoms with Gasteiger partial charge < -0.3 is 10.1 Å². The molecule has 5 heteroatoms. The smallest absolute Gasteiger partial charge is 0.139 e. The molecule has 1 fully saturated rings. The van der Waals surface area contributed by atoms with Gasteiger partial charge in [-0.15, -0.1) is 0 Å². The van der Waals surface area contributed by atoms with Crippen molar-refractivity contribution in [1.82, 2.24) is 9.78 Å². The molecule has 0 spiro atoms. The highest BCUT2D eigenvalue weighted by Gasteiger charge is 2.27. The van der Waals surface area contributed by atoms with Crippen LogP contribution in [0.1, 0.15) is 37.8 Å². The van der Waals surface area contributed by atoms with E-state index in [1.165, 1.54) is 5.69 Å². The molecule has 0 aromatic carbocycles. The van der Waals surface area contributed by atoms with Gasteiger partial charge in [-0.05, 0) is 42.1 Å². The predicted octanol–water partition coefficient (Wildman–Crippen LogP) is 2.74. The van der Waals surface area contributed by atoms with E-state index in [0.29, 0.717) is 12.0 Å². The number of nitrogens with one attached hydrogen (secondary N) is 1. The average Bonchev–Trinajstić information content (AvgIpc) is 2.68. The van der Waals surface area contributed by atoms with Crippen LogP contribution in [0.4, 0.5) is 5.82 Å². The fourth-order valence-electron chi connectivity index (χ4n) is 2.61. The monoisotopic (exact) mass is 299 g/mol. The van der Waals surface area contributed by atoms with Gasteiger partial charge in [-0.2, -0.15) is 5.10 Å². The minimum atomic E-state index is 0.540. The molecule has 94 valence electrons. The number of halogens is 1. The molecule has 1 N–H and O–H groups in total. The van der Waals surface area contributed by atoms with Crippen LogP contribution in [-0.4, -0.2) is 29.0 Å². The third kappa shape index (κ3) is 2.10. The van der Waals surface area contributed by atoms with Crippen LogP contribution in [0.5, 0.6) is 0 Å². The number of hydrogen-bond acceptors (Lipinski definition) is 3. The summed E-state index contributed by atoms with van der Waals surface area (Å²) in [7, 11) is 0. The molecule has 3 heterocycles. The molecule has 1 unspecified atom stereocenters. The zero-order chi connectivity index (χ0) is 11.8. The van der Waals surface area contributed by atoms with Gasteiger partial charge in [0, 0.05) is 31.7 Å². The number of aryl methyl sites for hydroxylation is 1. The number of fused-ring (bicyclic) bond motifs is 1. The molecule has 0 aliphatic carbocycles. The maximum Gasteiger partial charge on any atom is 0.139 e. The Bertz CT molecular complexity index is 412. The second-order valence-electron chi connectivity index (χ2n) is 4.99. The van der Waals surface area contributed by atoms with Crippen molar-refractivity contribution in [2.45, 2.75) is 44.7 Å². The largest absolute Gasteiger partial charge is 0.381 e. The average molecular weight is 300 g/mol. The van der Waals surface area contributed by atoms with E-state index in [9.17, 15) is 0 Å². The highest BCUT2D eigenvalue weighted by Crippen LogP contribution is 2.37. The predicted molar refractivity (Wildman–Crippen MR) is 70.4 cm³/mol. The summed E-state index contributed by atoms with van der Waals surface area (Å²) in [6.07, 6.45) is 3.32. The molecule has 4 nitrogen and oxygen atoms in total. The summed E-state index contributed by atoms with van der Waals surface area (Å²) in [6, 6.07) is 0.540. The van der Waals surface area contributed by atoms with E-state index in [-0.39, 0.29) is 0 Å². The Morgan fingerprint density at radius 2 is 2.12 bits per heavy atom. The van der Waals surface area contributed by atoms with E-state index in [1.54, 1.807) is 0 Å². The fraction of sp³-hybridized carbons (Fsp3) is 0.750. The van der Waals surface area contributed by atoms with E-state index in [0.717, 1.165) is 49.3 Å². The summed E-state index contributed by atoms with van der Waals surface area (Å²) in [4.78, 5) is 0. The lowest BCUT2D eigenvalue weighted by Crippen LogP contribution is -2.26. The molecule has 3 rings (SSSR count). The molecule has 1 aromatic rings. The van der Waals surface area contributed by atoms with Crippen LogP contribution in [0.25, 0.3) is 0 Å². The van der Waals surface area contributed by atoms with Crippen molar-refractivity contribution in [2.75, 3.05) is 18.5 Å². The van der Waals surface area contributed by atoms with Gasteiger partial charge in [0.2, 0.25) is 0 Å². The molecule has 1 atom stereocenters. The topological polar surface area (TPSA) is 39.1 Å². The first-order valence-electron chi connectivity index (χ1n) is 6.36. The van der Waals surface area contributed by atoms with E-state index in [1.807, 2.05) is 0 Å². The normalized spacial score (nSPS) is 25.4. The van der Waals surface area contributed by atoms with Crippen LogP contribution in [0.3, 0.4) is 0 Å². The molecule has 0 amide bonds. The van der Waals surface area contributed by atoms with Crippen molar-refractivity contribution in [3.63, 3.8) is 0 Å². The zero-order valence-electron chi connectivity index (χ0n) is 10.1. The van der Waals surface area contributed by atoms with Gasteiger partial charge in [-0.25, -0.2) is 4.68 Å². The summed E-state index contributed by atoms with van der Waals surface area (Å²) >= 11 is 3.71. The molecular weight excluding hydrogens is 282 g/mol. The van der Waals surface area contributed by atoms with E-state index >= 15 is 0 Å². The molecular formula is C12H18BrN3O. The van der Waals surface area contributed by atoms with Crippen molar-refractivity contribution >= 4 is 21.7 Å².